The number of pyridine rings is 2. The van der Waals surface area contributed by atoms with Crippen molar-refractivity contribution in [1.82, 2.24) is 39.2 Å². The van der Waals surface area contributed by atoms with E-state index in [0.717, 1.165) is 42.8 Å². The van der Waals surface area contributed by atoms with Crippen LogP contribution in [0.25, 0.3) is 39.9 Å². The number of halogens is 1. The highest BCUT2D eigenvalue weighted by molar-refractivity contribution is 14.1. The molecule has 2 amide bonds. The van der Waals surface area contributed by atoms with E-state index in [1.807, 2.05) is 139 Å². The number of hydrogen-bond acceptors (Lipinski definition) is 10. The van der Waals surface area contributed by atoms with Crippen molar-refractivity contribution >= 4 is 63.8 Å². The molecule has 320 valence electrons. The summed E-state index contributed by atoms with van der Waals surface area (Å²) < 4.78 is 15.7. The largest absolute Gasteiger partial charge is 0.443 e. The molecule has 8 rings (SSSR count). The van der Waals surface area contributed by atoms with Crippen LogP contribution >= 0.6 is 22.6 Å². The number of amides is 2. The number of carbonyl (C=O) groups excluding carboxylic acids is 2. The number of ether oxygens (including phenoxy) is 2. The maximum Gasteiger partial charge on any atom is 0.416 e. The zero-order valence-electron chi connectivity index (χ0n) is 35.9. The average Bonchev–Trinajstić information content (AvgIpc) is 3.87. The van der Waals surface area contributed by atoms with Crippen LogP contribution < -0.4 is 9.80 Å². The van der Waals surface area contributed by atoms with Gasteiger partial charge in [-0.3, -0.25) is 19.8 Å². The molecule has 0 spiro atoms. The minimum Gasteiger partial charge on any atom is -0.443 e. The van der Waals surface area contributed by atoms with Gasteiger partial charge in [0.05, 0.1) is 40.4 Å². The Balaban J connectivity index is 0.000000189. The zero-order chi connectivity index (χ0) is 44.7. The van der Waals surface area contributed by atoms with E-state index < -0.39 is 23.4 Å². The predicted octanol–water partition coefficient (Wildman–Crippen LogP) is 10.7. The molecule has 15 heteroatoms. The summed E-state index contributed by atoms with van der Waals surface area (Å²) in [6, 6.07) is 30.9. The molecule has 0 aliphatic carbocycles. The molecule has 63 heavy (non-hydrogen) atoms. The highest BCUT2D eigenvalue weighted by atomic mass is 127. The summed E-state index contributed by atoms with van der Waals surface area (Å²) in [6.07, 6.45) is 11.0. The van der Waals surface area contributed by atoms with Crippen molar-refractivity contribution in [3.8, 4) is 22.5 Å². The fraction of sp³-hybridized carbons (Fsp3) is 0.208. The Labute approximate surface area is 379 Å². The first-order valence-corrected chi connectivity index (χ1v) is 21.2. The van der Waals surface area contributed by atoms with Crippen LogP contribution in [0.1, 0.15) is 58.2 Å². The number of carbonyl (C=O) groups is 2. The maximum absolute atomic E-state index is 13.3. The molecule has 0 aliphatic rings. The maximum atomic E-state index is 13.3. The number of hydrogen-bond donors (Lipinski definition) is 0. The van der Waals surface area contributed by atoms with Crippen molar-refractivity contribution in [3.63, 3.8) is 0 Å². The van der Waals surface area contributed by atoms with Crippen LogP contribution in [0.4, 0.5) is 21.2 Å². The van der Waals surface area contributed by atoms with Crippen molar-refractivity contribution in [2.75, 3.05) is 9.80 Å². The Morgan fingerprint density at radius 3 is 1.51 bits per heavy atom. The van der Waals surface area contributed by atoms with Gasteiger partial charge in [0.15, 0.2) is 11.3 Å². The van der Waals surface area contributed by atoms with Gasteiger partial charge in [0, 0.05) is 53.6 Å². The van der Waals surface area contributed by atoms with Crippen molar-refractivity contribution < 1.29 is 19.1 Å². The lowest BCUT2D eigenvalue weighted by atomic mass is 10.1. The molecule has 0 unspecified atom stereocenters. The fourth-order valence-electron chi connectivity index (χ4n) is 6.39. The second kappa shape index (κ2) is 18.9. The Morgan fingerprint density at radius 2 is 1.08 bits per heavy atom. The molecule has 6 heterocycles. The third-order valence-electron chi connectivity index (χ3n) is 9.16. The topological polar surface area (TPSA) is 145 Å². The van der Waals surface area contributed by atoms with Gasteiger partial charge in [-0.2, -0.15) is 19.2 Å². The molecule has 2 aromatic carbocycles. The summed E-state index contributed by atoms with van der Waals surface area (Å²) in [5.74, 6) is 1.12. The molecular weight excluding hydrogens is 907 g/mol. The lowest BCUT2D eigenvalue weighted by Gasteiger charge is -2.28. The quantitative estimate of drug-likeness (QED) is 0.128. The van der Waals surface area contributed by atoms with Crippen LogP contribution in [0.3, 0.4) is 0 Å². The van der Waals surface area contributed by atoms with Gasteiger partial charge in [-0.25, -0.2) is 19.6 Å². The first-order chi connectivity index (χ1) is 30.2. The standard InChI is InChI=1S/C25H25N5O2.C23H22IN5O2/c1-5-19-16-27-30-22(14-21(28-23(19)30)20-11-7-6-8-12-20)29(24(31)32-25(2,3)4)17-18-10-9-13-26-15-18;1-23(2,3)31-22(30)28(15-16-8-7-11-25-13-16)20-12-19(17-9-5-4-6-10-17)27-21-18(24)14-26-29(20)21/h5-16H,1,17H2,2-4H3;4-14H,15H2,1-3H3. The van der Waals surface area contributed by atoms with E-state index in [1.165, 1.54) is 0 Å². The fourth-order valence-corrected chi connectivity index (χ4v) is 6.86. The minimum absolute atomic E-state index is 0.263. The smallest absolute Gasteiger partial charge is 0.416 e. The first kappa shape index (κ1) is 44.1. The monoisotopic (exact) mass is 954 g/mol. The van der Waals surface area contributed by atoms with Crippen LogP contribution in [0, 0.1) is 3.57 Å². The van der Waals surface area contributed by atoms with E-state index >= 15 is 0 Å². The summed E-state index contributed by atoms with van der Waals surface area (Å²) in [6.45, 7) is 15.5. The minimum atomic E-state index is -0.658. The van der Waals surface area contributed by atoms with Gasteiger partial charge in [-0.1, -0.05) is 85.5 Å². The Hall–Kier alpha value is -7.01. The summed E-state index contributed by atoms with van der Waals surface area (Å²) in [4.78, 5) is 47.7. The van der Waals surface area contributed by atoms with Gasteiger partial charge in [0.2, 0.25) is 0 Å². The van der Waals surface area contributed by atoms with Gasteiger partial charge in [-0.05, 0) is 87.4 Å². The molecule has 0 atom stereocenters. The van der Waals surface area contributed by atoms with Crippen LogP contribution in [0.2, 0.25) is 0 Å². The number of anilines is 2. The molecule has 6 aromatic heterocycles. The highest BCUT2D eigenvalue weighted by Gasteiger charge is 2.29. The Kier molecular flexibility index (Phi) is 13.2. The van der Waals surface area contributed by atoms with Crippen LogP contribution in [-0.2, 0) is 22.6 Å². The van der Waals surface area contributed by atoms with Gasteiger partial charge in [-0.15, -0.1) is 0 Å². The SMILES string of the molecule is C=Cc1cnn2c(N(Cc3cccnc3)C(=O)OC(C)(C)C)cc(-c3ccccc3)nc12.CC(C)(C)OC(=O)N(Cc1cccnc1)c1cc(-c2ccccc2)nc2c(I)cnn12. The molecule has 8 aromatic rings. The first-order valence-electron chi connectivity index (χ1n) is 20.1. The molecule has 0 saturated carbocycles. The van der Waals surface area contributed by atoms with Crippen LogP contribution in [0.5, 0.6) is 0 Å². The van der Waals surface area contributed by atoms with Crippen LogP contribution in [0.15, 0.2) is 141 Å². The second-order valence-corrected chi connectivity index (χ2v) is 17.5. The lowest BCUT2D eigenvalue weighted by Crippen LogP contribution is -2.37. The number of fused-ring (bicyclic) bond motifs is 2. The van der Waals surface area contributed by atoms with Gasteiger partial charge in [0.1, 0.15) is 22.8 Å². The lowest BCUT2D eigenvalue weighted by molar-refractivity contribution is 0.0564. The third kappa shape index (κ3) is 10.9. The Morgan fingerprint density at radius 1 is 0.635 bits per heavy atom. The molecule has 0 N–H and O–H groups in total. The normalized spacial score (nSPS) is 11.4. The van der Waals surface area contributed by atoms with Gasteiger partial charge in [0.25, 0.3) is 0 Å². The predicted molar refractivity (Wildman–Crippen MR) is 253 cm³/mol. The summed E-state index contributed by atoms with van der Waals surface area (Å²) in [7, 11) is 0. The zero-order valence-corrected chi connectivity index (χ0v) is 38.0. The number of benzene rings is 2. The second-order valence-electron chi connectivity index (χ2n) is 16.4. The summed E-state index contributed by atoms with van der Waals surface area (Å²) in [5, 5.41) is 8.96. The van der Waals surface area contributed by atoms with E-state index in [1.54, 1.807) is 62.1 Å². The molecule has 0 aliphatic heterocycles. The van der Waals surface area contributed by atoms with Crippen molar-refractivity contribution in [1.29, 1.82) is 0 Å². The van der Waals surface area contributed by atoms with E-state index in [-0.39, 0.29) is 13.1 Å². The van der Waals surface area contributed by atoms with Crippen molar-refractivity contribution in [2.45, 2.75) is 65.8 Å². The number of nitrogens with zero attached hydrogens (tertiary/aromatic N) is 10. The molecule has 0 saturated heterocycles. The van der Waals surface area contributed by atoms with Crippen molar-refractivity contribution in [2.24, 2.45) is 0 Å². The molecule has 0 radical (unpaired) electrons. The van der Waals surface area contributed by atoms with Gasteiger partial charge < -0.3 is 9.47 Å². The average molecular weight is 955 g/mol. The van der Waals surface area contributed by atoms with E-state index in [9.17, 15) is 9.59 Å². The Bertz CT molecular complexity index is 2840. The summed E-state index contributed by atoms with van der Waals surface area (Å²) >= 11 is 2.20. The number of rotatable bonds is 9. The van der Waals surface area contributed by atoms with E-state index in [2.05, 4.69) is 49.3 Å². The van der Waals surface area contributed by atoms with Gasteiger partial charge >= 0.3 is 12.2 Å². The van der Waals surface area contributed by atoms with Crippen molar-refractivity contribution in [3.05, 3.63) is 161 Å². The molecule has 0 bridgehead atoms. The molecular formula is C48H47IN10O4. The molecule has 14 nitrogen and oxygen atoms in total. The molecule has 0 fully saturated rings. The van der Waals surface area contributed by atoms with E-state index in [0.29, 0.717) is 22.9 Å². The number of aromatic nitrogens is 8. The van der Waals surface area contributed by atoms with E-state index in [4.69, 9.17) is 19.4 Å². The summed E-state index contributed by atoms with van der Waals surface area (Å²) in [5.41, 5.74) is 5.85. The van der Waals surface area contributed by atoms with Crippen LogP contribution in [-0.4, -0.2) is 62.6 Å². The highest BCUT2D eigenvalue weighted by Crippen LogP contribution is 2.30. The third-order valence-corrected chi connectivity index (χ3v) is 9.92.